The van der Waals surface area contributed by atoms with E-state index in [0.717, 1.165) is 0 Å². The van der Waals surface area contributed by atoms with Crippen molar-refractivity contribution in [3.63, 3.8) is 0 Å². The van der Waals surface area contributed by atoms with E-state index < -0.39 is 11.4 Å². The van der Waals surface area contributed by atoms with Gasteiger partial charge in [0.25, 0.3) is 0 Å². The SMILES string of the molecule is CC(C)(CCC(N)=S)C(=O)O. The van der Waals surface area contributed by atoms with Gasteiger partial charge in [0.15, 0.2) is 0 Å². The molecule has 0 rings (SSSR count). The van der Waals surface area contributed by atoms with Gasteiger partial charge in [-0.3, -0.25) is 4.79 Å². The van der Waals surface area contributed by atoms with Crippen LogP contribution in [0, 0.1) is 5.41 Å². The highest BCUT2D eigenvalue weighted by atomic mass is 32.1. The van der Waals surface area contributed by atoms with Crippen molar-refractivity contribution in [2.75, 3.05) is 0 Å². The first-order valence-corrected chi connectivity index (χ1v) is 3.79. The zero-order chi connectivity index (χ0) is 9.07. The van der Waals surface area contributed by atoms with Crippen LogP contribution in [0.5, 0.6) is 0 Å². The molecule has 0 heterocycles. The molecule has 0 aliphatic heterocycles. The molecule has 0 atom stereocenters. The van der Waals surface area contributed by atoms with Crippen molar-refractivity contribution in [3.05, 3.63) is 0 Å². The highest BCUT2D eigenvalue weighted by molar-refractivity contribution is 7.80. The summed E-state index contributed by atoms with van der Waals surface area (Å²) in [5, 5.41) is 8.67. The summed E-state index contributed by atoms with van der Waals surface area (Å²) in [4.78, 5) is 10.9. The van der Waals surface area contributed by atoms with Crippen molar-refractivity contribution in [1.82, 2.24) is 0 Å². The Kier molecular flexibility index (Phi) is 3.45. The second-order valence-corrected chi connectivity index (χ2v) is 3.68. The minimum absolute atomic E-state index is 0.374. The quantitative estimate of drug-likeness (QED) is 0.629. The maximum absolute atomic E-state index is 10.5. The van der Waals surface area contributed by atoms with Crippen molar-refractivity contribution in [2.45, 2.75) is 26.7 Å². The van der Waals surface area contributed by atoms with Crippen molar-refractivity contribution >= 4 is 23.2 Å². The molecule has 0 spiro atoms. The molecule has 0 amide bonds. The van der Waals surface area contributed by atoms with Crippen LogP contribution in [0.1, 0.15) is 26.7 Å². The maximum atomic E-state index is 10.5. The number of nitrogens with two attached hydrogens (primary N) is 1. The third kappa shape index (κ3) is 3.93. The topological polar surface area (TPSA) is 63.3 Å². The Labute approximate surface area is 71.6 Å². The number of rotatable bonds is 4. The molecule has 0 bridgehead atoms. The lowest BCUT2D eigenvalue weighted by Crippen LogP contribution is -2.25. The van der Waals surface area contributed by atoms with Crippen LogP contribution in [0.2, 0.25) is 0 Å². The third-order valence-corrected chi connectivity index (χ3v) is 1.78. The van der Waals surface area contributed by atoms with Gasteiger partial charge in [-0.05, 0) is 26.7 Å². The molecular weight excluding hydrogens is 162 g/mol. The molecule has 0 aliphatic carbocycles. The Morgan fingerprint density at radius 1 is 1.64 bits per heavy atom. The van der Waals surface area contributed by atoms with Crippen molar-refractivity contribution in [2.24, 2.45) is 11.1 Å². The van der Waals surface area contributed by atoms with Gasteiger partial charge in [0.2, 0.25) is 0 Å². The zero-order valence-corrected chi connectivity index (χ0v) is 7.57. The monoisotopic (exact) mass is 175 g/mol. The first-order chi connectivity index (χ1) is 4.86. The van der Waals surface area contributed by atoms with Crippen LogP contribution in [-0.4, -0.2) is 16.1 Å². The highest BCUT2D eigenvalue weighted by Crippen LogP contribution is 2.21. The highest BCUT2D eigenvalue weighted by Gasteiger charge is 2.26. The van der Waals surface area contributed by atoms with E-state index >= 15 is 0 Å². The van der Waals surface area contributed by atoms with Crippen LogP contribution < -0.4 is 5.73 Å². The van der Waals surface area contributed by atoms with Crippen LogP contribution in [0.15, 0.2) is 0 Å². The molecule has 0 saturated carbocycles. The average Bonchev–Trinajstić information content (AvgIpc) is 1.84. The average molecular weight is 175 g/mol. The van der Waals surface area contributed by atoms with Gasteiger partial charge < -0.3 is 10.8 Å². The van der Waals surface area contributed by atoms with Gasteiger partial charge in [-0.25, -0.2) is 0 Å². The molecule has 3 nitrogen and oxygen atoms in total. The summed E-state index contributed by atoms with van der Waals surface area (Å²) in [5.41, 5.74) is 4.52. The van der Waals surface area contributed by atoms with Crippen LogP contribution in [-0.2, 0) is 4.79 Å². The molecule has 0 unspecified atom stereocenters. The van der Waals surface area contributed by atoms with E-state index in [9.17, 15) is 4.79 Å². The second kappa shape index (κ2) is 3.67. The summed E-state index contributed by atoms with van der Waals surface area (Å²) in [6, 6.07) is 0. The number of hydrogen-bond acceptors (Lipinski definition) is 2. The number of carboxylic acid groups (broad SMARTS) is 1. The summed E-state index contributed by atoms with van der Waals surface area (Å²) in [7, 11) is 0. The first-order valence-electron chi connectivity index (χ1n) is 3.38. The molecule has 0 aromatic heterocycles. The van der Waals surface area contributed by atoms with Gasteiger partial charge >= 0.3 is 5.97 Å². The summed E-state index contributed by atoms with van der Waals surface area (Å²) in [5.74, 6) is -0.811. The maximum Gasteiger partial charge on any atom is 0.309 e. The Balaban J connectivity index is 3.92. The standard InChI is InChI=1S/C7H13NO2S/c1-7(2,6(9)10)4-3-5(8)11/h3-4H2,1-2H3,(H2,8,11)(H,9,10). The molecule has 3 N–H and O–H groups in total. The molecule has 0 aromatic carbocycles. The summed E-state index contributed by atoms with van der Waals surface area (Å²) < 4.78 is 0. The number of thiocarbonyl (C=S) groups is 1. The van der Waals surface area contributed by atoms with E-state index in [2.05, 4.69) is 12.2 Å². The molecule has 4 heteroatoms. The smallest absolute Gasteiger partial charge is 0.309 e. The molecular formula is C7H13NO2S. The zero-order valence-electron chi connectivity index (χ0n) is 6.76. The number of aliphatic carboxylic acids is 1. The fourth-order valence-electron chi connectivity index (χ4n) is 0.543. The van der Waals surface area contributed by atoms with Gasteiger partial charge in [0, 0.05) is 0 Å². The lowest BCUT2D eigenvalue weighted by Gasteiger charge is -2.17. The van der Waals surface area contributed by atoms with Crippen molar-refractivity contribution < 1.29 is 9.90 Å². The molecule has 11 heavy (non-hydrogen) atoms. The van der Waals surface area contributed by atoms with E-state index in [0.29, 0.717) is 17.8 Å². The molecule has 64 valence electrons. The van der Waals surface area contributed by atoms with Gasteiger partial charge in [0.05, 0.1) is 10.4 Å². The lowest BCUT2D eigenvalue weighted by molar-refractivity contribution is -0.147. The van der Waals surface area contributed by atoms with Gasteiger partial charge in [-0.2, -0.15) is 0 Å². The van der Waals surface area contributed by atoms with Gasteiger partial charge in [-0.1, -0.05) is 12.2 Å². The summed E-state index contributed by atoms with van der Waals surface area (Å²) >= 11 is 4.63. The van der Waals surface area contributed by atoms with Crippen LogP contribution in [0.4, 0.5) is 0 Å². The van der Waals surface area contributed by atoms with E-state index in [-0.39, 0.29) is 0 Å². The van der Waals surface area contributed by atoms with E-state index in [1.54, 1.807) is 13.8 Å². The fraction of sp³-hybridized carbons (Fsp3) is 0.714. The van der Waals surface area contributed by atoms with E-state index in [1.807, 2.05) is 0 Å². The van der Waals surface area contributed by atoms with Crippen LogP contribution in [0.3, 0.4) is 0 Å². The van der Waals surface area contributed by atoms with Crippen LogP contribution >= 0.6 is 12.2 Å². The molecule has 0 aromatic rings. The molecule has 0 saturated heterocycles. The molecule has 0 fully saturated rings. The first kappa shape index (κ1) is 10.4. The summed E-state index contributed by atoms with van der Waals surface area (Å²) in [6.45, 7) is 3.32. The van der Waals surface area contributed by atoms with E-state index in [4.69, 9.17) is 10.8 Å². The van der Waals surface area contributed by atoms with Gasteiger partial charge in [-0.15, -0.1) is 0 Å². The number of carboxylic acids is 1. The molecule has 0 aliphatic rings. The lowest BCUT2D eigenvalue weighted by atomic mass is 9.88. The number of carbonyl (C=O) groups is 1. The second-order valence-electron chi connectivity index (χ2n) is 3.16. The Hall–Kier alpha value is -0.640. The van der Waals surface area contributed by atoms with Crippen molar-refractivity contribution in [1.29, 1.82) is 0 Å². The minimum Gasteiger partial charge on any atom is -0.481 e. The van der Waals surface area contributed by atoms with E-state index in [1.165, 1.54) is 0 Å². The van der Waals surface area contributed by atoms with Gasteiger partial charge in [0.1, 0.15) is 0 Å². The van der Waals surface area contributed by atoms with Crippen molar-refractivity contribution in [3.8, 4) is 0 Å². The normalized spacial score (nSPS) is 11.1. The third-order valence-electron chi connectivity index (χ3n) is 1.58. The summed E-state index contributed by atoms with van der Waals surface area (Å²) in [6.07, 6.45) is 0.992. The molecule has 0 radical (unpaired) electrons. The Morgan fingerprint density at radius 2 is 2.09 bits per heavy atom. The van der Waals surface area contributed by atoms with Crippen LogP contribution in [0.25, 0.3) is 0 Å². The Morgan fingerprint density at radius 3 is 2.36 bits per heavy atom. The minimum atomic E-state index is -0.811. The Bertz CT molecular complexity index is 177. The largest absolute Gasteiger partial charge is 0.481 e. The predicted molar refractivity (Wildman–Crippen MR) is 47.4 cm³/mol. The fourth-order valence-corrected chi connectivity index (χ4v) is 0.645. The predicted octanol–water partition coefficient (Wildman–Crippen LogP) is 1.16. The number of hydrogen-bond donors (Lipinski definition) is 2.